The van der Waals surface area contributed by atoms with Crippen LogP contribution in [0.3, 0.4) is 0 Å². The summed E-state index contributed by atoms with van der Waals surface area (Å²) in [6.07, 6.45) is 4.11. The summed E-state index contributed by atoms with van der Waals surface area (Å²) in [5, 5.41) is 12.1. The third-order valence-corrected chi connectivity index (χ3v) is 6.63. The monoisotopic (exact) mass is 437 g/mol. The number of nitrogens with zero attached hydrogens (tertiary/aromatic N) is 4. The van der Waals surface area contributed by atoms with Gasteiger partial charge in [0.1, 0.15) is 5.75 Å². The van der Waals surface area contributed by atoms with Crippen LogP contribution in [0.5, 0.6) is 5.75 Å². The van der Waals surface area contributed by atoms with E-state index in [1.165, 1.54) is 12.8 Å². The number of ether oxygens (including phenoxy) is 1. The van der Waals surface area contributed by atoms with E-state index in [-0.39, 0.29) is 11.8 Å². The summed E-state index contributed by atoms with van der Waals surface area (Å²) in [7, 11) is 0. The summed E-state index contributed by atoms with van der Waals surface area (Å²) in [6.45, 7) is 9.27. The van der Waals surface area contributed by atoms with Crippen molar-refractivity contribution in [1.29, 1.82) is 0 Å². The number of carbonyl (C=O) groups excluding carboxylic acids is 1. The Balaban J connectivity index is 1.22. The van der Waals surface area contributed by atoms with Gasteiger partial charge in [-0.25, -0.2) is 0 Å². The molecular formula is C25H35N5O2. The van der Waals surface area contributed by atoms with Crippen LogP contribution in [0.2, 0.25) is 0 Å². The Morgan fingerprint density at radius 1 is 0.938 bits per heavy atom. The Hall–Kier alpha value is -2.83. The number of hydrogen-bond donors (Lipinski definition) is 1. The zero-order chi connectivity index (χ0) is 22.3. The van der Waals surface area contributed by atoms with Gasteiger partial charge in [0.05, 0.1) is 6.61 Å². The minimum absolute atomic E-state index is 0.0523. The number of piperidine rings is 2. The standard InChI is InChI=1S/C25H35N5O2/c1-3-32-22-6-4-20(5-7-22)18-26-25(31)21-12-16-30(17-13-21)24-9-8-23(27-28-24)29-14-10-19(2)11-15-29/h4-9,19,21H,3,10-18H2,1-2H3,(H,26,31). The summed E-state index contributed by atoms with van der Waals surface area (Å²) in [4.78, 5) is 17.2. The molecule has 3 heterocycles. The number of nitrogens with one attached hydrogen (secondary N) is 1. The average Bonchev–Trinajstić information content (AvgIpc) is 2.84. The molecule has 2 fully saturated rings. The van der Waals surface area contributed by atoms with E-state index >= 15 is 0 Å². The van der Waals surface area contributed by atoms with Crippen molar-refractivity contribution in [3.05, 3.63) is 42.0 Å². The van der Waals surface area contributed by atoms with E-state index in [9.17, 15) is 4.79 Å². The minimum Gasteiger partial charge on any atom is -0.494 e. The van der Waals surface area contributed by atoms with Crippen LogP contribution >= 0.6 is 0 Å². The topological polar surface area (TPSA) is 70.6 Å². The van der Waals surface area contributed by atoms with E-state index in [1.807, 2.05) is 31.2 Å². The molecule has 2 aromatic rings. The predicted octanol–water partition coefficient (Wildman–Crippen LogP) is 3.64. The summed E-state index contributed by atoms with van der Waals surface area (Å²) < 4.78 is 5.47. The van der Waals surface area contributed by atoms with E-state index < -0.39 is 0 Å². The van der Waals surface area contributed by atoms with Gasteiger partial charge in [0, 0.05) is 38.6 Å². The first-order chi connectivity index (χ1) is 15.6. The maximum atomic E-state index is 12.6. The molecule has 0 unspecified atom stereocenters. The molecule has 1 amide bonds. The van der Waals surface area contributed by atoms with Crippen LogP contribution in [0.25, 0.3) is 0 Å². The van der Waals surface area contributed by atoms with E-state index in [2.05, 4.69) is 44.4 Å². The van der Waals surface area contributed by atoms with Gasteiger partial charge in [0.2, 0.25) is 5.91 Å². The normalized spacial score (nSPS) is 17.9. The second kappa shape index (κ2) is 10.7. The molecule has 2 aliphatic heterocycles. The number of carbonyl (C=O) groups is 1. The van der Waals surface area contributed by atoms with Crippen LogP contribution in [0.15, 0.2) is 36.4 Å². The van der Waals surface area contributed by atoms with Gasteiger partial charge >= 0.3 is 0 Å². The smallest absolute Gasteiger partial charge is 0.223 e. The fourth-order valence-electron chi connectivity index (χ4n) is 4.47. The Bertz CT molecular complexity index is 855. The molecule has 1 aromatic heterocycles. The molecule has 2 saturated heterocycles. The molecule has 2 aliphatic rings. The Kier molecular flexibility index (Phi) is 7.45. The largest absolute Gasteiger partial charge is 0.494 e. The first kappa shape index (κ1) is 22.4. The fraction of sp³-hybridized carbons (Fsp3) is 0.560. The Morgan fingerprint density at radius 3 is 2.03 bits per heavy atom. The number of hydrogen-bond acceptors (Lipinski definition) is 6. The second-order valence-corrected chi connectivity index (χ2v) is 8.98. The molecule has 32 heavy (non-hydrogen) atoms. The third-order valence-electron chi connectivity index (χ3n) is 6.63. The van der Waals surface area contributed by atoms with Gasteiger partial charge in [-0.2, -0.15) is 0 Å². The lowest BCUT2D eigenvalue weighted by molar-refractivity contribution is -0.125. The third kappa shape index (κ3) is 5.69. The zero-order valence-electron chi connectivity index (χ0n) is 19.3. The van der Waals surface area contributed by atoms with Gasteiger partial charge in [-0.1, -0.05) is 19.1 Å². The van der Waals surface area contributed by atoms with Gasteiger partial charge < -0.3 is 19.9 Å². The van der Waals surface area contributed by atoms with Crippen LogP contribution in [-0.2, 0) is 11.3 Å². The van der Waals surface area contributed by atoms with Crippen molar-refractivity contribution in [2.45, 2.75) is 46.1 Å². The van der Waals surface area contributed by atoms with Crippen molar-refractivity contribution in [3.63, 3.8) is 0 Å². The van der Waals surface area contributed by atoms with Crippen molar-refractivity contribution < 1.29 is 9.53 Å². The Morgan fingerprint density at radius 2 is 1.50 bits per heavy atom. The maximum absolute atomic E-state index is 12.6. The van der Waals surface area contributed by atoms with E-state index in [0.717, 1.165) is 67.9 Å². The summed E-state index contributed by atoms with van der Waals surface area (Å²) in [5.41, 5.74) is 1.08. The van der Waals surface area contributed by atoms with Gasteiger partial charge in [0.25, 0.3) is 0 Å². The van der Waals surface area contributed by atoms with Crippen LogP contribution < -0.4 is 19.9 Å². The van der Waals surface area contributed by atoms with Gasteiger partial charge in [0.15, 0.2) is 11.6 Å². The molecule has 172 valence electrons. The van der Waals surface area contributed by atoms with Crippen LogP contribution in [0, 0.1) is 11.8 Å². The first-order valence-electron chi connectivity index (χ1n) is 12.0. The van der Waals surface area contributed by atoms with E-state index in [1.54, 1.807) is 0 Å². The van der Waals surface area contributed by atoms with Crippen LogP contribution in [-0.4, -0.2) is 48.9 Å². The van der Waals surface area contributed by atoms with Crippen molar-refractivity contribution in [3.8, 4) is 5.75 Å². The molecule has 7 heteroatoms. The molecule has 4 rings (SSSR count). The highest BCUT2D eigenvalue weighted by Crippen LogP contribution is 2.25. The number of rotatable bonds is 7. The number of benzene rings is 1. The molecule has 0 spiro atoms. The summed E-state index contributed by atoms with van der Waals surface area (Å²) >= 11 is 0. The lowest BCUT2D eigenvalue weighted by Crippen LogP contribution is -2.40. The average molecular weight is 438 g/mol. The second-order valence-electron chi connectivity index (χ2n) is 8.98. The molecule has 0 saturated carbocycles. The molecule has 0 atom stereocenters. The number of aromatic nitrogens is 2. The molecular weight excluding hydrogens is 402 g/mol. The molecule has 0 bridgehead atoms. The SMILES string of the molecule is CCOc1ccc(CNC(=O)C2CCN(c3ccc(N4CCC(C)CC4)nn3)CC2)cc1. The fourth-order valence-corrected chi connectivity index (χ4v) is 4.47. The quantitative estimate of drug-likeness (QED) is 0.713. The van der Waals surface area contributed by atoms with Gasteiger partial charge in [-0.15, -0.1) is 10.2 Å². The molecule has 1 N–H and O–H groups in total. The van der Waals surface area contributed by atoms with Gasteiger partial charge in [-0.05, 0) is 68.4 Å². The lowest BCUT2D eigenvalue weighted by atomic mass is 9.96. The molecule has 1 aromatic carbocycles. The molecule has 0 radical (unpaired) electrons. The van der Waals surface area contributed by atoms with Crippen molar-refractivity contribution >= 4 is 17.5 Å². The summed E-state index contributed by atoms with van der Waals surface area (Å²) in [6, 6.07) is 12.1. The zero-order valence-corrected chi connectivity index (χ0v) is 19.3. The van der Waals surface area contributed by atoms with Crippen molar-refractivity contribution in [2.24, 2.45) is 11.8 Å². The van der Waals surface area contributed by atoms with Crippen molar-refractivity contribution in [1.82, 2.24) is 15.5 Å². The molecule has 7 nitrogen and oxygen atoms in total. The van der Waals surface area contributed by atoms with E-state index in [0.29, 0.717) is 13.2 Å². The summed E-state index contributed by atoms with van der Waals surface area (Å²) in [5.74, 6) is 3.74. The van der Waals surface area contributed by atoms with E-state index in [4.69, 9.17) is 4.74 Å². The predicted molar refractivity (Wildman–Crippen MR) is 127 cm³/mol. The number of amides is 1. The lowest BCUT2D eigenvalue weighted by Gasteiger charge is -2.33. The maximum Gasteiger partial charge on any atom is 0.223 e. The minimum atomic E-state index is 0.0523. The number of anilines is 2. The highest BCUT2D eigenvalue weighted by molar-refractivity contribution is 5.79. The van der Waals surface area contributed by atoms with Crippen LogP contribution in [0.1, 0.15) is 45.1 Å². The van der Waals surface area contributed by atoms with Gasteiger partial charge in [-0.3, -0.25) is 4.79 Å². The first-order valence-corrected chi connectivity index (χ1v) is 12.0. The highest BCUT2D eigenvalue weighted by atomic mass is 16.5. The van der Waals surface area contributed by atoms with Crippen molar-refractivity contribution in [2.75, 3.05) is 42.6 Å². The van der Waals surface area contributed by atoms with Crippen LogP contribution in [0.4, 0.5) is 11.6 Å². The molecule has 0 aliphatic carbocycles. The highest BCUT2D eigenvalue weighted by Gasteiger charge is 2.26. The Labute approximate surface area is 191 Å².